The minimum atomic E-state index is -1.34. The van der Waals surface area contributed by atoms with Crippen LogP contribution in [0.2, 0.25) is 0 Å². The minimum Gasteiger partial charge on any atom is -0.479 e. The third-order valence-corrected chi connectivity index (χ3v) is 7.71. The molecular weight excluding hydrogens is 426 g/mol. The number of likely N-dealkylation sites (tertiary alicyclic amines) is 1. The molecule has 0 spiro atoms. The number of rotatable bonds is 7. The van der Waals surface area contributed by atoms with Crippen LogP contribution in [0.5, 0.6) is 0 Å². The smallest absolute Gasteiger partial charge is 0.408 e. The predicted molar refractivity (Wildman–Crippen MR) is 119 cm³/mol. The van der Waals surface area contributed by atoms with E-state index in [9.17, 15) is 24.3 Å². The Bertz CT molecular complexity index is 857. The highest BCUT2D eigenvalue weighted by Crippen LogP contribution is 2.52. The van der Waals surface area contributed by atoms with Crippen molar-refractivity contribution in [3.05, 3.63) is 12.7 Å². The molecule has 4 fully saturated rings. The second-order valence-electron chi connectivity index (χ2n) is 11.2. The van der Waals surface area contributed by atoms with E-state index in [0.717, 1.165) is 12.8 Å². The highest BCUT2D eigenvalue weighted by molar-refractivity contribution is 5.96. The van der Waals surface area contributed by atoms with Gasteiger partial charge in [0.2, 0.25) is 11.8 Å². The molecule has 33 heavy (non-hydrogen) atoms. The summed E-state index contributed by atoms with van der Waals surface area (Å²) < 4.78 is 5.57. The first kappa shape index (κ1) is 23.6. The summed E-state index contributed by atoms with van der Waals surface area (Å²) in [6.07, 6.45) is 5.18. The van der Waals surface area contributed by atoms with Gasteiger partial charge in [0.25, 0.3) is 0 Å². The maximum absolute atomic E-state index is 13.5. The van der Waals surface area contributed by atoms with Crippen molar-refractivity contribution in [1.29, 1.82) is 0 Å². The standard InChI is InChI=1S/C24H35N3O6/c1-5-15-12-24(15,21(30)31)26-19(28)17-7-6-8-27(17)20(29)18(23(2,3)4)25-22(32)33-16-10-13-9-14(13)11-16/h5,13-18H,1,6-12H2,2-4H3,(H,25,32)(H,26,28)(H,30,31)/t13-,14?,15-,16?,17+,18-,24-/m1/s1. The topological polar surface area (TPSA) is 125 Å². The molecule has 9 nitrogen and oxygen atoms in total. The molecule has 4 rings (SSSR count). The van der Waals surface area contributed by atoms with Crippen LogP contribution in [-0.4, -0.2) is 64.2 Å². The van der Waals surface area contributed by atoms with Gasteiger partial charge in [-0.3, -0.25) is 9.59 Å². The molecule has 4 aliphatic rings. The molecule has 0 bridgehead atoms. The number of nitrogens with one attached hydrogen (secondary N) is 2. The lowest BCUT2D eigenvalue weighted by molar-refractivity contribution is -0.146. The van der Waals surface area contributed by atoms with Crippen LogP contribution in [0.3, 0.4) is 0 Å². The van der Waals surface area contributed by atoms with Crippen molar-refractivity contribution < 1.29 is 29.0 Å². The second-order valence-corrected chi connectivity index (χ2v) is 11.2. The monoisotopic (exact) mass is 461 g/mol. The molecule has 1 aliphatic heterocycles. The first-order valence-electron chi connectivity index (χ1n) is 11.9. The van der Waals surface area contributed by atoms with Crippen LogP contribution in [0, 0.1) is 23.2 Å². The zero-order valence-corrected chi connectivity index (χ0v) is 19.6. The van der Waals surface area contributed by atoms with Crippen LogP contribution in [0.1, 0.15) is 59.3 Å². The molecule has 3 saturated carbocycles. The Balaban J connectivity index is 1.41. The lowest BCUT2D eigenvalue weighted by atomic mass is 9.85. The summed E-state index contributed by atoms with van der Waals surface area (Å²) in [5.41, 5.74) is -1.95. The molecule has 3 N–H and O–H groups in total. The number of alkyl carbamates (subject to hydrolysis) is 1. The third-order valence-electron chi connectivity index (χ3n) is 7.71. The summed E-state index contributed by atoms with van der Waals surface area (Å²) in [5, 5.41) is 15.0. The van der Waals surface area contributed by atoms with Gasteiger partial charge >= 0.3 is 12.1 Å². The quantitative estimate of drug-likeness (QED) is 0.499. The van der Waals surface area contributed by atoms with E-state index in [2.05, 4.69) is 17.2 Å². The maximum Gasteiger partial charge on any atom is 0.408 e. The highest BCUT2D eigenvalue weighted by atomic mass is 16.6. The molecule has 0 aromatic carbocycles. The molecular formula is C24H35N3O6. The van der Waals surface area contributed by atoms with Crippen LogP contribution in [0.4, 0.5) is 4.79 Å². The van der Waals surface area contributed by atoms with E-state index in [1.165, 1.54) is 17.4 Å². The van der Waals surface area contributed by atoms with Gasteiger partial charge in [0, 0.05) is 12.5 Å². The van der Waals surface area contributed by atoms with Gasteiger partial charge in [-0.05, 0) is 55.8 Å². The first-order valence-corrected chi connectivity index (χ1v) is 11.9. The average Bonchev–Trinajstić information content (AvgIpc) is 3.50. The van der Waals surface area contributed by atoms with E-state index in [1.807, 2.05) is 20.8 Å². The summed E-state index contributed by atoms with van der Waals surface area (Å²) in [5.74, 6) is -0.913. The number of hydrogen-bond donors (Lipinski definition) is 3. The normalized spacial score (nSPS) is 35.2. The van der Waals surface area contributed by atoms with Crippen molar-refractivity contribution in [1.82, 2.24) is 15.5 Å². The predicted octanol–water partition coefficient (Wildman–Crippen LogP) is 2.06. The number of fused-ring (bicyclic) bond motifs is 1. The molecule has 1 saturated heterocycles. The Kier molecular flexibility index (Phi) is 5.95. The van der Waals surface area contributed by atoms with E-state index >= 15 is 0 Å². The van der Waals surface area contributed by atoms with Gasteiger partial charge in [-0.2, -0.15) is 0 Å². The van der Waals surface area contributed by atoms with Crippen LogP contribution in [0.25, 0.3) is 0 Å². The van der Waals surface area contributed by atoms with E-state index in [-0.39, 0.29) is 17.9 Å². The molecule has 0 radical (unpaired) electrons. The Labute approximate surface area is 194 Å². The molecule has 0 aromatic rings. The maximum atomic E-state index is 13.5. The number of hydrogen-bond acceptors (Lipinski definition) is 5. The molecule has 1 heterocycles. The van der Waals surface area contributed by atoms with E-state index < -0.39 is 41.0 Å². The second kappa shape index (κ2) is 8.33. The van der Waals surface area contributed by atoms with Crippen molar-refractivity contribution in [3.8, 4) is 0 Å². The van der Waals surface area contributed by atoms with Crippen molar-refractivity contribution in [2.24, 2.45) is 23.2 Å². The summed E-state index contributed by atoms with van der Waals surface area (Å²) in [4.78, 5) is 52.3. The number of carboxylic acids is 1. The molecule has 9 heteroatoms. The van der Waals surface area contributed by atoms with Crippen LogP contribution < -0.4 is 10.6 Å². The highest BCUT2D eigenvalue weighted by Gasteiger charge is 2.61. The van der Waals surface area contributed by atoms with Gasteiger partial charge in [-0.25, -0.2) is 9.59 Å². The van der Waals surface area contributed by atoms with E-state index in [1.54, 1.807) is 0 Å². The lowest BCUT2D eigenvalue weighted by Gasteiger charge is -2.35. The average molecular weight is 462 g/mol. The zero-order chi connectivity index (χ0) is 24.1. The first-order chi connectivity index (χ1) is 15.5. The summed E-state index contributed by atoms with van der Waals surface area (Å²) in [7, 11) is 0. The van der Waals surface area contributed by atoms with Gasteiger partial charge in [0.05, 0.1) is 0 Å². The Morgan fingerprint density at radius 1 is 1.18 bits per heavy atom. The number of carbonyl (C=O) groups is 4. The molecule has 0 aromatic heterocycles. The number of carbonyl (C=O) groups excluding carboxylic acids is 3. The van der Waals surface area contributed by atoms with E-state index in [4.69, 9.17) is 4.74 Å². The Morgan fingerprint density at radius 2 is 1.85 bits per heavy atom. The number of nitrogens with zero attached hydrogens (tertiary/aromatic N) is 1. The van der Waals surface area contributed by atoms with Gasteiger partial charge < -0.3 is 25.4 Å². The van der Waals surface area contributed by atoms with Gasteiger partial charge in [0.1, 0.15) is 23.7 Å². The number of aliphatic carboxylic acids is 1. The fourth-order valence-corrected chi connectivity index (χ4v) is 5.49. The molecule has 3 aliphatic carbocycles. The zero-order valence-electron chi connectivity index (χ0n) is 19.6. The molecule has 182 valence electrons. The van der Waals surface area contributed by atoms with Gasteiger partial charge in [-0.15, -0.1) is 6.58 Å². The van der Waals surface area contributed by atoms with Gasteiger partial charge in [0.15, 0.2) is 0 Å². The molecule has 7 atom stereocenters. The molecule has 2 unspecified atom stereocenters. The third kappa shape index (κ3) is 4.59. The number of amides is 3. The largest absolute Gasteiger partial charge is 0.479 e. The SMILES string of the molecule is C=C[C@@H]1C[C@]1(NC(=O)[C@@H]1CCCN1C(=O)[C@@H](NC(=O)OC1CC2C[C@@H]2C1)C(C)(C)C)C(=O)O. The Morgan fingerprint density at radius 3 is 2.39 bits per heavy atom. The summed E-state index contributed by atoms with van der Waals surface area (Å²) in [6.45, 7) is 9.56. The lowest BCUT2D eigenvalue weighted by Crippen LogP contribution is -2.59. The van der Waals surface area contributed by atoms with Crippen molar-refractivity contribution in [2.45, 2.75) is 83.0 Å². The van der Waals surface area contributed by atoms with Crippen LogP contribution >= 0.6 is 0 Å². The van der Waals surface area contributed by atoms with Crippen molar-refractivity contribution >= 4 is 23.9 Å². The molecule has 3 amide bonds. The van der Waals surface area contributed by atoms with E-state index in [0.29, 0.717) is 37.6 Å². The van der Waals surface area contributed by atoms with Gasteiger partial charge in [-0.1, -0.05) is 26.8 Å². The minimum absolute atomic E-state index is 0.0988. The van der Waals surface area contributed by atoms with Crippen LogP contribution in [-0.2, 0) is 19.1 Å². The fraction of sp³-hybridized carbons (Fsp3) is 0.750. The number of ether oxygens (including phenoxy) is 1. The van der Waals surface area contributed by atoms with Crippen LogP contribution in [0.15, 0.2) is 12.7 Å². The fourth-order valence-electron chi connectivity index (χ4n) is 5.49. The van der Waals surface area contributed by atoms with Crippen molar-refractivity contribution in [3.63, 3.8) is 0 Å². The van der Waals surface area contributed by atoms with Crippen molar-refractivity contribution in [2.75, 3.05) is 6.54 Å². The summed E-state index contributed by atoms with van der Waals surface area (Å²) in [6, 6.07) is -1.64. The summed E-state index contributed by atoms with van der Waals surface area (Å²) >= 11 is 0. The Hall–Kier alpha value is -2.58. The number of carboxylic acid groups (broad SMARTS) is 1.